The van der Waals surface area contributed by atoms with Crippen molar-refractivity contribution in [3.05, 3.63) is 51.0 Å². The number of amides is 1. The Morgan fingerprint density at radius 1 is 1.44 bits per heavy atom. The molecule has 0 saturated heterocycles. The minimum absolute atomic E-state index is 0.0626. The monoisotopic (exact) mass is 441 g/mol. The van der Waals surface area contributed by atoms with E-state index in [4.69, 9.17) is 10.5 Å². The van der Waals surface area contributed by atoms with Gasteiger partial charge in [-0.3, -0.25) is 0 Å². The maximum atomic E-state index is 13.6. The maximum absolute atomic E-state index is 13.6. The largest absolute Gasteiger partial charge is 0.441 e. The molecule has 1 atom stereocenters. The summed E-state index contributed by atoms with van der Waals surface area (Å²) in [6.07, 6.45) is -0.364. The van der Waals surface area contributed by atoms with Crippen LogP contribution in [0.1, 0.15) is 26.3 Å². The molecule has 2 aromatic heterocycles. The smallest absolute Gasteiger partial charge is 0.405 e. The Bertz CT molecular complexity index is 929. The zero-order chi connectivity index (χ0) is 20.4. The van der Waals surface area contributed by atoms with Gasteiger partial charge in [0.15, 0.2) is 0 Å². The average molecular weight is 442 g/mol. The number of pyridine rings is 1. The topological polar surface area (TPSA) is 105 Å². The summed E-state index contributed by atoms with van der Waals surface area (Å²) < 4.78 is 21.5. The van der Waals surface area contributed by atoms with Crippen molar-refractivity contribution in [2.45, 2.75) is 40.3 Å². The van der Waals surface area contributed by atoms with Crippen LogP contribution in [0, 0.1) is 12.3 Å². The molecule has 0 bridgehead atoms. The highest BCUT2D eigenvalue weighted by Crippen LogP contribution is 2.29. The van der Waals surface area contributed by atoms with E-state index in [0.29, 0.717) is 16.8 Å². The number of aryl methyl sites for hydroxylation is 1. The number of primary amides is 1. The van der Waals surface area contributed by atoms with Gasteiger partial charge in [0.05, 0.1) is 12.9 Å². The van der Waals surface area contributed by atoms with E-state index >= 15 is 0 Å². The van der Waals surface area contributed by atoms with Crippen molar-refractivity contribution >= 4 is 22.0 Å². The normalized spacial score (nSPS) is 13.5. The van der Waals surface area contributed by atoms with Gasteiger partial charge in [-0.1, -0.05) is 26.8 Å². The van der Waals surface area contributed by atoms with Gasteiger partial charge in [0.25, 0.3) is 0 Å². The zero-order valence-electron chi connectivity index (χ0n) is 15.4. The van der Waals surface area contributed by atoms with Gasteiger partial charge in [0.1, 0.15) is 22.9 Å². The summed E-state index contributed by atoms with van der Waals surface area (Å²) in [7, 11) is 0. The highest BCUT2D eigenvalue weighted by atomic mass is 79.9. The molecule has 2 heterocycles. The Morgan fingerprint density at radius 2 is 2.11 bits per heavy atom. The van der Waals surface area contributed by atoms with Crippen LogP contribution in [0.3, 0.4) is 0 Å². The number of aromatic nitrogens is 4. The van der Waals surface area contributed by atoms with Crippen LogP contribution in [0.2, 0.25) is 0 Å². The molecule has 146 valence electrons. The molecule has 0 aliphatic carbocycles. The van der Waals surface area contributed by atoms with Crippen molar-refractivity contribution in [1.82, 2.24) is 19.3 Å². The minimum atomic E-state index is -1.03. The molecule has 2 rings (SSSR count). The van der Waals surface area contributed by atoms with Crippen LogP contribution in [0.25, 0.3) is 5.82 Å². The summed E-state index contributed by atoms with van der Waals surface area (Å²) in [4.78, 5) is 28.2. The number of nitrogens with zero attached hydrogens (tertiary/aromatic N) is 4. The van der Waals surface area contributed by atoms with Crippen LogP contribution in [0.15, 0.2) is 39.8 Å². The van der Waals surface area contributed by atoms with Crippen LogP contribution in [-0.2, 0) is 11.3 Å². The van der Waals surface area contributed by atoms with E-state index in [1.54, 1.807) is 32.9 Å². The van der Waals surface area contributed by atoms with Gasteiger partial charge < -0.3 is 10.5 Å². The fourth-order valence-electron chi connectivity index (χ4n) is 2.60. The highest BCUT2D eigenvalue weighted by Gasteiger charge is 2.32. The lowest BCUT2D eigenvalue weighted by atomic mass is 9.84. The molecule has 2 N–H and O–H groups in total. The number of ether oxygens (including phenoxy) is 1. The molecule has 0 spiro atoms. The lowest BCUT2D eigenvalue weighted by Crippen LogP contribution is -2.38. The van der Waals surface area contributed by atoms with Crippen molar-refractivity contribution in [1.29, 1.82) is 0 Å². The molecule has 0 saturated carbocycles. The number of nitrogens with two attached hydrogens (primary N) is 1. The van der Waals surface area contributed by atoms with Crippen LogP contribution in [0.5, 0.6) is 0 Å². The van der Waals surface area contributed by atoms with Crippen LogP contribution in [-0.4, -0.2) is 31.5 Å². The van der Waals surface area contributed by atoms with Gasteiger partial charge in [-0.2, -0.15) is 5.10 Å². The summed E-state index contributed by atoms with van der Waals surface area (Å²) in [6.45, 7) is 6.90. The van der Waals surface area contributed by atoms with E-state index < -0.39 is 23.3 Å². The fourth-order valence-corrected chi connectivity index (χ4v) is 2.90. The second-order valence-electron chi connectivity index (χ2n) is 7.08. The second-order valence-corrected chi connectivity index (χ2v) is 7.90. The summed E-state index contributed by atoms with van der Waals surface area (Å²) in [5.74, 6) is 0.409. The maximum Gasteiger partial charge on any atom is 0.405 e. The predicted octanol–water partition coefficient (Wildman–Crippen LogP) is 2.86. The third kappa shape index (κ3) is 4.82. The molecule has 0 aromatic carbocycles. The highest BCUT2D eigenvalue weighted by molar-refractivity contribution is 9.10. The number of halogens is 2. The summed E-state index contributed by atoms with van der Waals surface area (Å²) in [6, 6.07) is 3.56. The van der Waals surface area contributed by atoms with Crippen molar-refractivity contribution in [3.63, 3.8) is 0 Å². The van der Waals surface area contributed by atoms with Gasteiger partial charge in [-0.15, -0.1) is 0 Å². The molecule has 8 nitrogen and oxygen atoms in total. The van der Waals surface area contributed by atoms with E-state index in [2.05, 4.69) is 26.0 Å². The number of carbonyl (C=O) groups is 1. The first kappa shape index (κ1) is 20.8. The molecule has 10 heteroatoms. The Morgan fingerprint density at radius 3 is 2.67 bits per heavy atom. The van der Waals surface area contributed by atoms with Crippen LogP contribution < -0.4 is 11.4 Å². The molecule has 1 amide bonds. The molecule has 0 radical (unpaired) electrons. The quantitative estimate of drug-likeness (QED) is 0.717. The Kier molecular flexibility index (Phi) is 6.19. The lowest BCUT2D eigenvalue weighted by molar-refractivity contribution is 0.0566. The Hall–Kier alpha value is -2.49. The first-order chi connectivity index (χ1) is 12.5. The molecule has 0 aliphatic rings. The van der Waals surface area contributed by atoms with Gasteiger partial charge in [0, 0.05) is 11.0 Å². The second kappa shape index (κ2) is 8.03. The number of rotatable bonds is 5. The average Bonchev–Trinajstić information content (AvgIpc) is 2.92. The third-order valence-corrected chi connectivity index (χ3v) is 4.27. The van der Waals surface area contributed by atoms with E-state index in [1.165, 1.54) is 10.9 Å². The molecular weight excluding hydrogens is 421 g/mol. The number of hydrogen-bond donors (Lipinski definition) is 1. The van der Waals surface area contributed by atoms with E-state index in [-0.39, 0.29) is 12.1 Å². The van der Waals surface area contributed by atoms with E-state index in [0.717, 1.165) is 10.2 Å². The number of carbonyl (C=O) groups excluding carboxylic acids is 1. The summed E-state index contributed by atoms with van der Waals surface area (Å²) in [5, 5.41) is 4.03. The number of hydrogen-bond acceptors (Lipinski definition) is 5. The van der Waals surface area contributed by atoms with Crippen LogP contribution in [0.4, 0.5) is 9.18 Å². The van der Waals surface area contributed by atoms with Crippen molar-refractivity contribution in [2.24, 2.45) is 11.1 Å². The van der Waals surface area contributed by atoms with Gasteiger partial charge in [-0.05, 0) is 34.5 Å². The van der Waals surface area contributed by atoms with Gasteiger partial charge in [0.2, 0.25) is 0 Å². The van der Waals surface area contributed by atoms with Crippen molar-refractivity contribution in [2.75, 3.05) is 0 Å². The molecule has 0 fully saturated rings. The lowest BCUT2D eigenvalue weighted by Gasteiger charge is -2.31. The third-order valence-electron chi connectivity index (χ3n) is 3.83. The van der Waals surface area contributed by atoms with E-state index in [9.17, 15) is 14.0 Å². The fraction of sp³-hybridized carbons (Fsp3) is 0.412. The van der Waals surface area contributed by atoms with Crippen LogP contribution >= 0.6 is 15.9 Å². The molecule has 2 aromatic rings. The molecular formula is C17H21BrFN5O3. The van der Waals surface area contributed by atoms with Gasteiger partial charge in [-0.25, -0.2) is 28.2 Å². The van der Waals surface area contributed by atoms with Gasteiger partial charge >= 0.3 is 11.8 Å². The Balaban J connectivity index is 2.39. The predicted molar refractivity (Wildman–Crippen MR) is 101 cm³/mol. The molecule has 1 unspecified atom stereocenters. The SMILES string of the molecule is Cc1ccc(Br)nc1-n1cnn(CC(=CF)C(OC(N)=O)C(C)(C)C)c1=O. The first-order valence-electron chi connectivity index (χ1n) is 8.07. The van der Waals surface area contributed by atoms with E-state index in [1.807, 2.05) is 6.92 Å². The first-order valence-corrected chi connectivity index (χ1v) is 8.87. The summed E-state index contributed by atoms with van der Waals surface area (Å²) in [5.41, 5.74) is 4.79. The zero-order valence-corrected chi connectivity index (χ0v) is 17.0. The minimum Gasteiger partial charge on any atom is -0.441 e. The standard InChI is InChI=1S/C17H21BrFN5O3/c1-10-5-6-12(18)22-14(10)23-9-21-24(16(23)26)8-11(7-19)13(17(2,3)4)27-15(20)25/h5-7,9,13H,8H2,1-4H3,(H2,20,25). The molecule has 27 heavy (non-hydrogen) atoms. The van der Waals surface area contributed by atoms with Crippen molar-refractivity contribution < 1.29 is 13.9 Å². The Labute approximate surface area is 164 Å². The van der Waals surface area contributed by atoms with Crippen molar-refractivity contribution in [3.8, 4) is 5.82 Å². The molecule has 0 aliphatic heterocycles. The summed E-state index contributed by atoms with van der Waals surface area (Å²) >= 11 is 3.27.